The second-order valence-corrected chi connectivity index (χ2v) is 8.29. The first-order valence-corrected chi connectivity index (χ1v) is 9.75. The van der Waals surface area contributed by atoms with E-state index in [-0.39, 0.29) is 18.1 Å². The van der Waals surface area contributed by atoms with Crippen LogP contribution in [0.5, 0.6) is 0 Å². The molecule has 0 aromatic rings. The maximum Gasteiger partial charge on any atom is 0.234 e. The summed E-state index contributed by atoms with van der Waals surface area (Å²) >= 11 is 0. The number of sulfonamides is 1. The van der Waals surface area contributed by atoms with Crippen LogP contribution in [0.4, 0.5) is 0 Å². The number of piperidine rings is 1. The van der Waals surface area contributed by atoms with Gasteiger partial charge in [-0.05, 0) is 32.2 Å². The molecule has 128 valence electrons. The first kappa shape index (κ1) is 17.7. The molecule has 2 atom stereocenters. The van der Waals surface area contributed by atoms with Gasteiger partial charge >= 0.3 is 0 Å². The van der Waals surface area contributed by atoms with Gasteiger partial charge in [0.25, 0.3) is 0 Å². The Morgan fingerprint density at radius 1 is 1.36 bits per heavy atom. The third-order valence-electron chi connectivity index (χ3n) is 4.44. The molecule has 2 rings (SSSR count). The number of rotatable bonds is 6. The molecule has 0 aromatic heterocycles. The largest absolute Gasteiger partial charge is 0.376 e. The fourth-order valence-electron chi connectivity index (χ4n) is 3.03. The van der Waals surface area contributed by atoms with Gasteiger partial charge in [-0.25, -0.2) is 12.7 Å². The highest BCUT2D eigenvalue weighted by Crippen LogP contribution is 2.16. The van der Waals surface area contributed by atoms with Crippen LogP contribution in [0, 0.1) is 0 Å². The van der Waals surface area contributed by atoms with Crippen molar-refractivity contribution in [3.63, 3.8) is 0 Å². The van der Waals surface area contributed by atoms with Gasteiger partial charge in [0.15, 0.2) is 0 Å². The van der Waals surface area contributed by atoms with Crippen LogP contribution >= 0.6 is 0 Å². The summed E-state index contributed by atoms with van der Waals surface area (Å²) in [6, 6.07) is -0.0466. The average Bonchev–Trinajstić information content (AvgIpc) is 2.97. The highest BCUT2D eigenvalue weighted by molar-refractivity contribution is 7.88. The Labute approximate surface area is 133 Å². The van der Waals surface area contributed by atoms with Gasteiger partial charge in [0, 0.05) is 32.8 Å². The van der Waals surface area contributed by atoms with Crippen molar-refractivity contribution in [2.45, 2.75) is 37.8 Å². The first-order valence-electron chi connectivity index (χ1n) is 7.90. The van der Waals surface area contributed by atoms with Gasteiger partial charge in [0.1, 0.15) is 0 Å². The third kappa shape index (κ3) is 5.19. The minimum Gasteiger partial charge on any atom is -0.376 e. The Morgan fingerprint density at radius 3 is 2.77 bits per heavy atom. The lowest BCUT2D eigenvalue weighted by atomic mass is 10.1. The number of carbonyl (C=O) groups is 1. The Kier molecular flexibility index (Phi) is 6.19. The summed E-state index contributed by atoms with van der Waals surface area (Å²) in [6.07, 6.45) is 5.19. The van der Waals surface area contributed by atoms with E-state index in [0.29, 0.717) is 19.6 Å². The van der Waals surface area contributed by atoms with Crippen LogP contribution < -0.4 is 5.32 Å². The quantitative estimate of drug-likeness (QED) is 0.718. The molecule has 0 aromatic carbocycles. The van der Waals surface area contributed by atoms with Gasteiger partial charge in [0.2, 0.25) is 15.9 Å². The summed E-state index contributed by atoms with van der Waals surface area (Å²) in [7, 11) is -1.57. The molecule has 2 heterocycles. The highest BCUT2D eigenvalue weighted by atomic mass is 32.2. The maximum absolute atomic E-state index is 12.0. The van der Waals surface area contributed by atoms with E-state index in [2.05, 4.69) is 5.32 Å². The molecular weight excluding hydrogens is 306 g/mol. The zero-order valence-corrected chi connectivity index (χ0v) is 14.3. The Balaban J connectivity index is 1.75. The van der Waals surface area contributed by atoms with Crippen LogP contribution in [0.1, 0.15) is 25.7 Å². The Morgan fingerprint density at radius 2 is 2.14 bits per heavy atom. The minimum atomic E-state index is -3.19. The number of nitrogens with one attached hydrogen (secondary N) is 1. The number of ether oxygens (including phenoxy) is 1. The fourth-order valence-corrected chi connectivity index (χ4v) is 3.75. The van der Waals surface area contributed by atoms with E-state index in [1.54, 1.807) is 7.05 Å². The highest BCUT2D eigenvalue weighted by Gasteiger charge is 2.28. The Hall–Kier alpha value is -0.700. The van der Waals surface area contributed by atoms with Crippen molar-refractivity contribution in [2.24, 2.45) is 0 Å². The van der Waals surface area contributed by atoms with E-state index in [9.17, 15) is 13.2 Å². The lowest BCUT2D eigenvalue weighted by Crippen LogP contribution is -2.50. The van der Waals surface area contributed by atoms with Crippen molar-refractivity contribution >= 4 is 15.9 Å². The van der Waals surface area contributed by atoms with E-state index < -0.39 is 10.0 Å². The molecule has 2 saturated heterocycles. The van der Waals surface area contributed by atoms with Crippen molar-refractivity contribution in [3.05, 3.63) is 0 Å². The zero-order chi connectivity index (χ0) is 16.2. The van der Waals surface area contributed by atoms with Crippen LogP contribution in [0.2, 0.25) is 0 Å². The molecule has 1 N–H and O–H groups in total. The fraction of sp³-hybridized carbons (Fsp3) is 0.929. The number of amides is 1. The smallest absolute Gasteiger partial charge is 0.234 e. The number of hydrogen-bond acceptors (Lipinski definition) is 5. The van der Waals surface area contributed by atoms with Gasteiger partial charge in [-0.1, -0.05) is 0 Å². The monoisotopic (exact) mass is 333 g/mol. The van der Waals surface area contributed by atoms with E-state index >= 15 is 0 Å². The van der Waals surface area contributed by atoms with Gasteiger partial charge < -0.3 is 10.1 Å². The van der Waals surface area contributed by atoms with E-state index in [1.165, 1.54) is 10.6 Å². The average molecular weight is 333 g/mol. The van der Waals surface area contributed by atoms with E-state index in [4.69, 9.17) is 4.74 Å². The summed E-state index contributed by atoms with van der Waals surface area (Å²) in [5.41, 5.74) is 0. The van der Waals surface area contributed by atoms with Crippen LogP contribution in [-0.4, -0.2) is 81.8 Å². The van der Waals surface area contributed by atoms with Gasteiger partial charge in [-0.15, -0.1) is 0 Å². The molecule has 2 fully saturated rings. The lowest BCUT2D eigenvalue weighted by molar-refractivity contribution is -0.123. The standard InChI is InChI=1S/C14H27N3O4S/c1-16(22(2,19)20)12-5-3-7-17(10-12)11-14(18)15-9-13-6-4-8-21-13/h12-13H,3-11H2,1-2H3,(H,15,18). The number of likely N-dealkylation sites (tertiary alicyclic amines) is 1. The van der Waals surface area contributed by atoms with Crippen LogP contribution in [0.15, 0.2) is 0 Å². The second kappa shape index (κ2) is 7.72. The first-order chi connectivity index (χ1) is 10.4. The normalized spacial score (nSPS) is 27.2. The summed E-state index contributed by atoms with van der Waals surface area (Å²) in [5, 5.41) is 2.91. The summed E-state index contributed by atoms with van der Waals surface area (Å²) < 4.78 is 30.1. The molecule has 0 radical (unpaired) electrons. The SMILES string of the molecule is CN(C1CCCN(CC(=O)NCC2CCCO2)C1)S(C)(=O)=O. The van der Waals surface area contributed by atoms with E-state index in [1.807, 2.05) is 4.90 Å². The molecule has 8 heteroatoms. The Bertz CT molecular complexity index is 476. The van der Waals surface area contributed by atoms with Gasteiger partial charge in [-0.2, -0.15) is 0 Å². The van der Waals surface area contributed by atoms with Crippen molar-refractivity contribution in [1.82, 2.24) is 14.5 Å². The molecule has 2 unspecified atom stereocenters. The molecule has 0 spiro atoms. The number of likely N-dealkylation sites (N-methyl/N-ethyl adjacent to an activating group) is 1. The number of hydrogen-bond donors (Lipinski definition) is 1. The molecule has 0 saturated carbocycles. The molecule has 1 amide bonds. The van der Waals surface area contributed by atoms with Crippen LogP contribution in [0.25, 0.3) is 0 Å². The number of carbonyl (C=O) groups excluding carboxylic acids is 1. The van der Waals surface area contributed by atoms with Gasteiger partial charge in [0.05, 0.1) is 18.9 Å². The molecular formula is C14H27N3O4S. The third-order valence-corrected chi connectivity index (χ3v) is 5.78. The topological polar surface area (TPSA) is 79.0 Å². The van der Waals surface area contributed by atoms with E-state index in [0.717, 1.165) is 38.8 Å². The lowest BCUT2D eigenvalue weighted by Gasteiger charge is -2.36. The zero-order valence-electron chi connectivity index (χ0n) is 13.5. The maximum atomic E-state index is 12.0. The molecule has 7 nitrogen and oxygen atoms in total. The van der Waals surface area contributed by atoms with Crippen molar-refractivity contribution < 1.29 is 17.9 Å². The van der Waals surface area contributed by atoms with Crippen LogP contribution in [0.3, 0.4) is 0 Å². The summed E-state index contributed by atoms with van der Waals surface area (Å²) in [4.78, 5) is 14.0. The summed E-state index contributed by atoms with van der Waals surface area (Å²) in [6.45, 7) is 3.12. The minimum absolute atomic E-state index is 0.0156. The molecule has 0 aliphatic carbocycles. The predicted octanol–water partition coefficient (Wildman–Crippen LogP) is -0.363. The molecule has 0 bridgehead atoms. The van der Waals surface area contributed by atoms with Crippen LogP contribution in [-0.2, 0) is 19.6 Å². The predicted molar refractivity (Wildman–Crippen MR) is 84.1 cm³/mol. The van der Waals surface area contributed by atoms with Crippen molar-refractivity contribution in [3.8, 4) is 0 Å². The molecule has 22 heavy (non-hydrogen) atoms. The van der Waals surface area contributed by atoms with Crippen molar-refractivity contribution in [1.29, 1.82) is 0 Å². The van der Waals surface area contributed by atoms with Crippen molar-refractivity contribution in [2.75, 3.05) is 46.1 Å². The molecule has 2 aliphatic rings. The molecule has 2 aliphatic heterocycles. The number of nitrogens with zero attached hydrogens (tertiary/aromatic N) is 2. The second-order valence-electron chi connectivity index (χ2n) is 6.25. The summed E-state index contributed by atoms with van der Waals surface area (Å²) in [5.74, 6) is -0.0156. The van der Waals surface area contributed by atoms with Gasteiger partial charge in [-0.3, -0.25) is 9.69 Å².